The van der Waals surface area contributed by atoms with E-state index in [-0.39, 0.29) is 6.61 Å². The van der Waals surface area contributed by atoms with Gasteiger partial charge in [0.2, 0.25) is 0 Å². The molecule has 0 aliphatic heterocycles. The van der Waals surface area contributed by atoms with Crippen molar-refractivity contribution in [3.05, 3.63) is 11.6 Å². The van der Waals surface area contributed by atoms with Crippen molar-refractivity contribution in [2.24, 2.45) is 5.41 Å². The van der Waals surface area contributed by atoms with Crippen molar-refractivity contribution >= 4 is 0 Å². The van der Waals surface area contributed by atoms with E-state index in [1.165, 1.54) is 24.8 Å². The Morgan fingerprint density at radius 2 is 2.30 bits per heavy atom. The first kappa shape index (κ1) is 7.80. The van der Waals surface area contributed by atoms with Crippen molar-refractivity contribution in [2.75, 3.05) is 6.61 Å². The first-order valence-corrected chi connectivity index (χ1v) is 3.97. The first-order valence-electron chi connectivity index (χ1n) is 3.97. The predicted molar refractivity (Wildman–Crippen MR) is 42.8 cm³/mol. The second-order valence-electron chi connectivity index (χ2n) is 3.65. The highest BCUT2D eigenvalue weighted by Gasteiger charge is 2.27. The van der Waals surface area contributed by atoms with E-state index in [0.717, 1.165) is 0 Å². The maximum Gasteiger partial charge on any atom is 0.0615 e. The van der Waals surface area contributed by atoms with Crippen LogP contribution < -0.4 is 0 Å². The number of hydrogen-bond acceptors (Lipinski definition) is 1. The summed E-state index contributed by atoms with van der Waals surface area (Å²) in [4.78, 5) is 0. The zero-order valence-corrected chi connectivity index (χ0v) is 6.85. The summed E-state index contributed by atoms with van der Waals surface area (Å²) < 4.78 is 0. The van der Waals surface area contributed by atoms with Crippen LogP contribution in [0.1, 0.15) is 33.1 Å². The Morgan fingerprint density at radius 3 is 2.70 bits per heavy atom. The van der Waals surface area contributed by atoms with Gasteiger partial charge in [-0.25, -0.2) is 0 Å². The summed E-state index contributed by atoms with van der Waals surface area (Å²) >= 11 is 0. The molecule has 1 nitrogen and oxygen atoms in total. The number of rotatable bonds is 1. The average Bonchev–Trinajstić information content (AvgIpc) is 2.13. The lowest BCUT2D eigenvalue weighted by Crippen LogP contribution is -2.07. The maximum atomic E-state index is 8.68. The molecule has 0 saturated heterocycles. The SMILES string of the molecule is CC1(C)CCC/C1=C\CO. The largest absolute Gasteiger partial charge is 0.392 e. The summed E-state index contributed by atoms with van der Waals surface area (Å²) in [5.41, 5.74) is 1.80. The zero-order chi connectivity index (χ0) is 7.61. The second kappa shape index (κ2) is 2.75. The van der Waals surface area contributed by atoms with E-state index < -0.39 is 0 Å². The summed E-state index contributed by atoms with van der Waals surface area (Å²) in [5, 5.41) is 8.68. The third-order valence-electron chi connectivity index (χ3n) is 2.45. The van der Waals surface area contributed by atoms with E-state index in [2.05, 4.69) is 13.8 Å². The van der Waals surface area contributed by atoms with Crippen LogP contribution in [0.3, 0.4) is 0 Å². The molecule has 58 valence electrons. The third kappa shape index (κ3) is 1.40. The van der Waals surface area contributed by atoms with Gasteiger partial charge in [-0.2, -0.15) is 0 Å². The molecule has 1 rings (SSSR count). The molecule has 0 spiro atoms. The topological polar surface area (TPSA) is 20.2 Å². The molecule has 0 bridgehead atoms. The van der Waals surface area contributed by atoms with E-state index in [4.69, 9.17) is 5.11 Å². The van der Waals surface area contributed by atoms with Gasteiger partial charge in [-0.1, -0.05) is 25.5 Å². The smallest absolute Gasteiger partial charge is 0.0615 e. The average molecular weight is 140 g/mol. The van der Waals surface area contributed by atoms with Gasteiger partial charge >= 0.3 is 0 Å². The molecule has 1 aliphatic rings. The monoisotopic (exact) mass is 140 g/mol. The van der Waals surface area contributed by atoms with Crippen molar-refractivity contribution in [3.8, 4) is 0 Å². The lowest BCUT2D eigenvalue weighted by molar-refractivity contribution is 0.338. The molecule has 0 heterocycles. The second-order valence-corrected chi connectivity index (χ2v) is 3.65. The molecular formula is C9H16O. The number of aliphatic hydroxyl groups excluding tert-OH is 1. The summed E-state index contributed by atoms with van der Waals surface area (Å²) in [6, 6.07) is 0. The van der Waals surface area contributed by atoms with Gasteiger partial charge in [-0.05, 0) is 24.7 Å². The van der Waals surface area contributed by atoms with Crippen LogP contribution >= 0.6 is 0 Å². The van der Waals surface area contributed by atoms with Gasteiger partial charge in [0.25, 0.3) is 0 Å². The maximum absolute atomic E-state index is 8.68. The lowest BCUT2D eigenvalue weighted by atomic mass is 9.87. The van der Waals surface area contributed by atoms with Crippen LogP contribution in [0.5, 0.6) is 0 Å². The summed E-state index contributed by atoms with van der Waals surface area (Å²) in [7, 11) is 0. The predicted octanol–water partition coefficient (Wildman–Crippen LogP) is 2.12. The number of allylic oxidation sites excluding steroid dienone is 1. The Morgan fingerprint density at radius 1 is 1.60 bits per heavy atom. The van der Waals surface area contributed by atoms with Crippen LogP contribution in [0.15, 0.2) is 11.6 Å². The minimum atomic E-state index is 0.207. The Labute approximate surface area is 62.8 Å². The molecule has 1 N–H and O–H groups in total. The molecule has 0 atom stereocenters. The molecule has 1 fully saturated rings. The molecule has 1 heteroatoms. The number of aliphatic hydroxyl groups is 1. The van der Waals surface area contributed by atoms with Crippen molar-refractivity contribution in [3.63, 3.8) is 0 Å². The number of hydrogen-bond donors (Lipinski definition) is 1. The highest BCUT2D eigenvalue weighted by molar-refractivity contribution is 5.16. The molecule has 0 radical (unpaired) electrons. The van der Waals surface area contributed by atoms with E-state index >= 15 is 0 Å². The Bertz CT molecular complexity index is 145. The summed E-state index contributed by atoms with van der Waals surface area (Å²) in [6.45, 7) is 4.71. The zero-order valence-electron chi connectivity index (χ0n) is 6.85. The Kier molecular flexibility index (Phi) is 2.14. The molecule has 10 heavy (non-hydrogen) atoms. The molecular weight excluding hydrogens is 124 g/mol. The molecule has 1 aliphatic carbocycles. The summed E-state index contributed by atoms with van der Waals surface area (Å²) in [6.07, 6.45) is 5.72. The Balaban J connectivity index is 2.68. The Hall–Kier alpha value is -0.300. The minimum Gasteiger partial charge on any atom is -0.392 e. The van der Waals surface area contributed by atoms with Gasteiger partial charge in [0.05, 0.1) is 6.61 Å². The highest BCUT2D eigenvalue weighted by atomic mass is 16.2. The highest BCUT2D eigenvalue weighted by Crippen LogP contribution is 2.41. The van der Waals surface area contributed by atoms with Gasteiger partial charge in [-0.3, -0.25) is 0 Å². The molecule has 0 unspecified atom stereocenters. The fraction of sp³-hybridized carbons (Fsp3) is 0.778. The fourth-order valence-electron chi connectivity index (χ4n) is 1.71. The minimum absolute atomic E-state index is 0.207. The fourth-order valence-corrected chi connectivity index (χ4v) is 1.71. The normalized spacial score (nSPS) is 27.7. The van der Waals surface area contributed by atoms with Gasteiger partial charge < -0.3 is 5.11 Å². The first-order chi connectivity index (χ1) is 4.67. The van der Waals surface area contributed by atoms with E-state index in [1.54, 1.807) is 0 Å². The molecule has 1 saturated carbocycles. The third-order valence-corrected chi connectivity index (χ3v) is 2.45. The standard InChI is InChI=1S/C9H16O/c1-9(2)6-3-4-8(9)5-7-10/h5,10H,3-4,6-7H2,1-2H3/b8-5+. The van der Waals surface area contributed by atoms with Gasteiger partial charge in [0, 0.05) is 0 Å². The molecule has 0 aromatic heterocycles. The molecule has 0 aromatic carbocycles. The van der Waals surface area contributed by atoms with Crippen LogP contribution in [-0.2, 0) is 0 Å². The van der Waals surface area contributed by atoms with Gasteiger partial charge in [0.1, 0.15) is 0 Å². The molecule has 0 aromatic rings. The van der Waals surface area contributed by atoms with E-state index in [9.17, 15) is 0 Å². The van der Waals surface area contributed by atoms with Crippen LogP contribution in [0, 0.1) is 5.41 Å². The van der Waals surface area contributed by atoms with Crippen molar-refractivity contribution in [1.29, 1.82) is 0 Å². The van der Waals surface area contributed by atoms with Crippen LogP contribution in [-0.4, -0.2) is 11.7 Å². The quantitative estimate of drug-likeness (QED) is 0.553. The van der Waals surface area contributed by atoms with Crippen LogP contribution in [0.2, 0.25) is 0 Å². The lowest BCUT2D eigenvalue weighted by Gasteiger charge is -2.18. The van der Waals surface area contributed by atoms with Gasteiger partial charge in [-0.15, -0.1) is 0 Å². The van der Waals surface area contributed by atoms with Crippen molar-refractivity contribution in [2.45, 2.75) is 33.1 Å². The molecule has 0 amide bonds. The van der Waals surface area contributed by atoms with E-state index in [1.807, 2.05) is 6.08 Å². The van der Waals surface area contributed by atoms with Gasteiger partial charge in [0.15, 0.2) is 0 Å². The van der Waals surface area contributed by atoms with Crippen molar-refractivity contribution < 1.29 is 5.11 Å². The van der Waals surface area contributed by atoms with Crippen molar-refractivity contribution in [1.82, 2.24) is 0 Å². The van der Waals surface area contributed by atoms with Crippen LogP contribution in [0.25, 0.3) is 0 Å². The summed E-state index contributed by atoms with van der Waals surface area (Å²) in [5.74, 6) is 0. The van der Waals surface area contributed by atoms with E-state index in [0.29, 0.717) is 5.41 Å². The van der Waals surface area contributed by atoms with Crippen LogP contribution in [0.4, 0.5) is 0 Å².